The van der Waals surface area contributed by atoms with E-state index in [0.717, 1.165) is 22.1 Å². The molecule has 4 aromatic rings. The zero-order valence-corrected chi connectivity index (χ0v) is 18.5. The number of hydrogen-bond acceptors (Lipinski definition) is 6. The Balaban J connectivity index is 1.30. The van der Waals surface area contributed by atoms with E-state index in [2.05, 4.69) is 10.1 Å². The summed E-state index contributed by atoms with van der Waals surface area (Å²) in [6, 6.07) is 20.5. The van der Waals surface area contributed by atoms with Crippen molar-refractivity contribution >= 4 is 20.8 Å². The fourth-order valence-corrected chi connectivity index (χ4v) is 5.61. The lowest BCUT2D eigenvalue weighted by atomic mass is 9.98. The molecule has 8 heteroatoms. The molecule has 32 heavy (non-hydrogen) atoms. The number of ether oxygens (including phenoxy) is 1. The smallest absolute Gasteiger partial charge is 0.243 e. The molecular weight excluding hydrogens is 426 g/mol. The first kappa shape index (κ1) is 20.7. The van der Waals surface area contributed by atoms with Crippen LogP contribution in [0.1, 0.15) is 24.7 Å². The van der Waals surface area contributed by atoms with Gasteiger partial charge in [0.15, 0.2) is 0 Å². The van der Waals surface area contributed by atoms with E-state index >= 15 is 0 Å². The van der Waals surface area contributed by atoms with E-state index < -0.39 is 10.0 Å². The molecule has 1 aliphatic rings. The second-order valence-corrected chi connectivity index (χ2v) is 9.81. The van der Waals surface area contributed by atoms with Gasteiger partial charge in [-0.25, -0.2) is 8.42 Å². The molecule has 0 spiro atoms. The van der Waals surface area contributed by atoms with Gasteiger partial charge in [0.1, 0.15) is 5.75 Å². The van der Waals surface area contributed by atoms with E-state index in [1.807, 2.05) is 54.6 Å². The van der Waals surface area contributed by atoms with Crippen molar-refractivity contribution in [3.05, 3.63) is 72.6 Å². The Hall–Kier alpha value is -3.23. The number of nitrogens with zero attached hydrogens (tertiary/aromatic N) is 3. The number of hydrogen-bond donors (Lipinski definition) is 0. The summed E-state index contributed by atoms with van der Waals surface area (Å²) in [6.07, 6.45) is 1.26. The van der Waals surface area contributed by atoms with Crippen LogP contribution in [0.15, 0.2) is 76.1 Å². The van der Waals surface area contributed by atoms with Crippen LogP contribution in [0.3, 0.4) is 0 Å². The summed E-state index contributed by atoms with van der Waals surface area (Å²) in [5.41, 5.74) is 0.815. The first-order chi connectivity index (χ1) is 15.5. The van der Waals surface area contributed by atoms with Crippen molar-refractivity contribution in [1.82, 2.24) is 14.4 Å². The molecule has 1 aromatic heterocycles. The predicted molar refractivity (Wildman–Crippen MR) is 121 cm³/mol. The molecule has 0 radical (unpaired) electrons. The third-order valence-electron chi connectivity index (χ3n) is 5.93. The Morgan fingerprint density at radius 3 is 2.53 bits per heavy atom. The molecule has 2 heterocycles. The molecule has 5 rings (SSSR count). The van der Waals surface area contributed by atoms with Crippen LogP contribution < -0.4 is 4.74 Å². The van der Waals surface area contributed by atoms with Crippen LogP contribution >= 0.6 is 0 Å². The maximum absolute atomic E-state index is 13.2. The minimum Gasteiger partial charge on any atom is -0.497 e. The molecule has 0 atom stereocenters. The minimum atomic E-state index is -3.55. The van der Waals surface area contributed by atoms with Gasteiger partial charge in [0, 0.05) is 24.6 Å². The average Bonchev–Trinajstić information content (AvgIpc) is 3.34. The normalized spacial score (nSPS) is 15.8. The summed E-state index contributed by atoms with van der Waals surface area (Å²) in [5.74, 6) is 1.81. The third-order valence-corrected chi connectivity index (χ3v) is 7.83. The van der Waals surface area contributed by atoms with Crippen molar-refractivity contribution in [2.75, 3.05) is 20.2 Å². The highest BCUT2D eigenvalue weighted by Gasteiger charge is 2.32. The van der Waals surface area contributed by atoms with Gasteiger partial charge in [-0.1, -0.05) is 47.6 Å². The zero-order chi connectivity index (χ0) is 22.1. The van der Waals surface area contributed by atoms with Crippen molar-refractivity contribution in [3.8, 4) is 17.1 Å². The molecule has 7 nitrogen and oxygen atoms in total. The van der Waals surface area contributed by atoms with Gasteiger partial charge in [-0.3, -0.25) is 0 Å². The van der Waals surface area contributed by atoms with Crippen molar-refractivity contribution in [2.24, 2.45) is 0 Å². The molecular formula is C24H23N3O4S. The maximum atomic E-state index is 13.2. The zero-order valence-electron chi connectivity index (χ0n) is 17.6. The van der Waals surface area contributed by atoms with Crippen molar-refractivity contribution in [1.29, 1.82) is 0 Å². The number of methoxy groups -OCH3 is 1. The van der Waals surface area contributed by atoms with Gasteiger partial charge in [0.25, 0.3) is 0 Å². The summed E-state index contributed by atoms with van der Waals surface area (Å²) < 4.78 is 38.7. The molecule has 0 amide bonds. The standard InChI is InChI=1S/C24H23N3O4S/c1-30-21-8-4-7-20(15-21)23-25-24(31-26-23)18-11-13-27(14-12-18)32(28,29)22-10-9-17-5-2-3-6-19(17)16-22/h2-10,15-16,18H,11-14H2,1H3. The van der Waals surface area contributed by atoms with Gasteiger partial charge in [-0.15, -0.1) is 0 Å². The van der Waals surface area contributed by atoms with E-state index in [-0.39, 0.29) is 5.92 Å². The number of piperidine rings is 1. The van der Waals surface area contributed by atoms with Crippen molar-refractivity contribution in [2.45, 2.75) is 23.7 Å². The molecule has 1 saturated heterocycles. The monoisotopic (exact) mass is 449 g/mol. The topological polar surface area (TPSA) is 85.5 Å². The Morgan fingerprint density at radius 1 is 0.969 bits per heavy atom. The number of sulfonamides is 1. The van der Waals surface area contributed by atoms with Gasteiger partial charge < -0.3 is 9.26 Å². The fourth-order valence-electron chi connectivity index (χ4n) is 4.10. The van der Waals surface area contributed by atoms with Crippen molar-refractivity contribution < 1.29 is 17.7 Å². The Labute approximate surface area is 186 Å². The molecule has 1 fully saturated rings. The van der Waals surface area contributed by atoms with Crippen LogP contribution in [-0.4, -0.2) is 43.1 Å². The molecule has 1 aliphatic heterocycles. The Morgan fingerprint density at radius 2 is 1.75 bits per heavy atom. The van der Waals surface area contributed by atoms with Crippen LogP contribution in [0, 0.1) is 0 Å². The summed E-state index contributed by atoms with van der Waals surface area (Å²) >= 11 is 0. The lowest BCUT2D eigenvalue weighted by molar-refractivity contribution is 0.271. The van der Waals surface area contributed by atoms with Crippen LogP contribution in [0.5, 0.6) is 5.75 Å². The number of aromatic nitrogens is 2. The van der Waals surface area contributed by atoms with Crippen LogP contribution in [-0.2, 0) is 10.0 Å². The van der Waals surface area contributed by atoms with Gasteiger partial charge >= 0.3 is 0 Å². The fraction of sp³-hybridized carbons (Fsp3) is 0.250. The lowest BCUT2D eigenvalue weighted by Gasteiger charge is -2.29. The highest BCUT2D eigenvalue weighted by molar-refractivity contribution is 7.89. The average molecular weight is 450 g/mol. The second kappa shape index (κ2) is 8.37. The lowest BCUT2D eigenvalue weighted by Crippen LogP contribution is -2.37. The molecule has 164 valence electrons. The van der Waals surface area contributed by atoms with E-state index in [1.54, 1.807) is 23.5 Å². The summed E-state index contributed by atoms with van der Waals surface area (Å²) in [5, 5.41) is 6.05. The Kier molecular flexibility index (Phi) is 5.40. The largest absolute Gasteiger partial charge is 0.497 e. The second-order valence-electron chi connectivity index (χ2n) is 7.88. The van der Waals surface area contributed by atoms with Gasteiger partial charge in [0.2, 0.25) is 21.7 Å². The van der Waals surface area contributed by atoms with Crippen molar-refractivity contribution in [3.63, 3.8) is 0 Å². The van der Waals surface area contributed by atoms with E-state index in [1.165, 1.54) is 0 Å². The highest BCUT2D eigenvalue weighted by atomic mass is 32.2. The Bertz CT molecular complexity index is 1360. The SMILES string of the molecule is COc1cccc(-c2noc(C3CCN(S(=O)(=O)c4ccc5ccccc5c4)CC3)n2)c1. The van der Waals surface area contributed by atoms with Crippen LogP contribution in [0.4, 0.5) is 0 Å². The van der Waals surface area contributed by atoms with Crippen LogP contribution in [0.2, 0.25) is 0 Å². The summed E-state index contributed by atoms with van der Waals surface area (Å²) in [4.78, 5) is 4.88. The molecule has 3 aromatic carbocycles. The number of rotatable bonds is 5. The molecule has 0 saturated carbocycles. The molecule has 0 bridgehead atoms. The molecule has 0 aliphatic carbocycles. The summed E-state index contributed by atoms with van der Waals surface area (Å²) in [7, 11) is -1.94. The van der Waals surface area contributed by atoms with E-state index in [0.29, 0.717) is 42.5 Å². The predicted octanol–water partition coefficient (Wildman–Crippen LogP) is 4.47. The first-order valence-electron chi connectivity index (χ1n) is 10.5. The quantitative estimate of drug-likeness (QED) is 0.447. The summed E-state index contributed by atoms with van der Waals surface area (Å²) in [6.45, 7) is 0.827. The maximum Gasteiger partial charge on any atom is 0.243 e. The van der Waals surface area contributed by atoms with E-state index in [4.69, 9.17) is 9.26 Å². The third kappa shape index (κ3) is 3.87. The number of benzene rings is 3. The van der Waals surface area contributed by atoms with Gasteiger partial charge in [-0.2, -0.15) is 9.29 Å². The van der Waals surface area contributed by atoms with Gasteiger partial charge in [-0.05, 0) is 47.9 Å². The number of fused-ring (bicyclic) bond motifs is 1. The highest BCUT2D eigenvalue weighted by Crippen LogP contribution is 2.32. The minimum absolute atomic E-state index is 0.0323. The van der Waals surface area contributed by atoms with E-state index in [9.17, 15) is 8.42 Å². The molecule has 0 unspecified atom stereocenters. The first-order valence-corrected chi connectivity index (χ1v) is 12.0. The van der Waals surface area contributed by atoms with Gasteiger partial charge in [0.05, 0.1) is 12.0 Å². The van der Waals surface area contributed by atoms with Crippen LogP contribution in [0.25, 0.3) is 22.2 Å². The molecule has 0 N–H and O–H groups in total.